The van der Waals surface area contributed by atoms with E-state index in [-0.39, 0.29) is 11.9 Å². The number of nitrogens with one attached hydrogen (secondary N) is 2. The Morgan fingerprint density at radius 1 is 1.24 bits per heavy atom. The molecule has 0 aromatic rings. The maximum Gasteiger partial charge on any atom is 0.241 e. The quantitative estimate of drug-likeness (QED) is 0.689. The number of methoxy groups -OCH3 is 1. The number of rotatable bonds is 2. The maximum atomic E-state index is 12.2. The second-order valence-corrected chi connectivity index (χ2v) is 5.03. The van der Waals surface area contributed by atoms with Crippen LogP contribution >= 0.6 is 0 Å². The highest BCUT2D eigenvalue weighted by Gasteiger charge is 2.29. The third-order valence-corrected chi connectivity index (χ3v) is 3.73. The smallest absolute Gasteiger partial charge is 0.241 e. The first-order valence-corrected chi connectivity index (χ1v) is 6.49. The Morgan fingerprint density at radius 3 is 2.47 bits per heavy atom. The summed E-state index contributed by atoms with van der Waals surface area (Å²) in [4.78, 5) is 14.2. The van der Waals surface area contributed by atoms with Crippen LogP contribution in [0, 0.1) is 0 Å². The zero-order valence-corrected chi connectivity index (χ0v) is 10.7. The molecule has 2 heterocycles. The molecule has 0 saturated carbocycles. The average Bonchev–Trinajstić information content (AvgIpc) is 2.39. The van der Waals surface area contributed by atoms with E-state index < -0.39 is 0 Å². The van der Waals surface area contributed by atoms with Crippen LogP contribution in [0.25, 0.3) is 0 Å². The number of piperidine rings is 1. The monoisotopic (exact) mass is 241 g/mol. The Bertz CT molecular complexity index is 256. The van der Waals surface area contributed by atoms with Crippen molar-refractivity contribution in [2.75, 3.05) is 33.3 Å². The normalized spacial score (nSPS) is 31.5. The van der Waals surface area contributed by atoms with E-state index in [1.54, 1.807) is 7.11 Å². The van der Waals surface area contributed by atoms with Gasteiger partial charge in [0.1, 0.15) is 0 Å². The molecule has 5 heteroatoms. The van der Waals surface area contributed by atoms with Crippen LogP contribution in [0.1, 0.15) is 19.8 Å². The van der Waals surface area contributed by atoms with Gasteiger partial charge in [0.2, 0.25) is 5.91 Å². The number of ether oxygens (including phenoxy) is 1. The van der Waals surface area contributed by atoms with Crippen molar-refractivity contribution >= 4 is 5.91 Å². The standard InChI is InChI=1S/C12H23N3O2/c1-9-7-14-11(8-13-9)12(16)15-5-3-10(17-2)4-6-15/h9-11,13-14H,3-8H2,1-2H3. The summed E-state index contributed by atoms with van der Waals surface area (Å²) in [6.45, 7) is 5.38. The summed E-state index contributed by atoms with van der Waals surface area (Å²) in [7, 11) is 1.75. The van der Waals surface area contributed by atoms with Gasteiger partial charge >= 0.3 is 0 Å². The maximum absolute atomic E-state index is 12.2. The van der Waals surface area contributed by atoms with Crippen molar-refractivity contribution < 1.29 is 9.53 Å². The van der Waals surface area contributed by atoms with Gasteiger partial charge in [-0.3, -0.25) is 4.79 Å². The number of carbonyl (C=O) groups is 1. The number of hydrogen-bond acceptors (Lipinski definition) is 4. The third kappa shape index (κ3) is 3.18. The SMILES string of the molecule is COC1CCN(C(=O)C2CNC(C)CN2)CC1. The van der Waals surface area contributed by atoms with Gasteiger partial charge in [-0.05, 0) is 19.8 Å². The molecule has 98 valence electrons. The molecule has 17 heavy (non-hydrogen) atoms. The van der Waals surface area contributed by atoms with E-state index in [0.29, 0.717) is 12.1 Å². The fraction of sp³-hybridized carbons (Fsp3) is 0.917. The Hall–Kier alpha value is -0.650. The molecule has 2 unspecified atom stereocenters. The van der Waals surface area contributed by atoms with Gasteiger partial charge in [-0.15, -0.1) is 0 Å². The molecule has 0 aliphatic carbocycles. The van der Waals surface area contributed by atoms with Crippen LogP contribution < -0.4 is 10.6 Å². The molecular formula is C12H23N3O2. The number of nitrogens with zero attached hydrogens (tertiary/aromatic N) is 1. The molecule has 0 bridgehead atoms. The van der Waals surface area contributed by atoms with Gasteiger partial charge in [-0.1, -0.05) is 0 Å². The summed E-state index contributed by atoms with van der Waals surface area (Å²) in [6, 6.07) is 0.406. The Morgan fingerprint density at radius 2 is 1.94 bits per heavy atom. The molecule has 2 saturated heterocycles. The van der Waals surface area contributed by atoms with Gasteiger partial charge in [0.15, 0.2) is 0 Å². The zero-order valence-electron chi connectivity index (χ0n) is 10.7. The minimum atomic E-state index is -0.0507. The highest BCUT2D eigenvalue weighted by Crippen LogP contribution is 2.14. The minimum absolute atomic E-state index is 0.0507. The summed E-state index contributed by atoms with van der Waals surface area (Å²) in [5.74, 6) is 0.235. The van der Waals surface area contributed by atoms with Crippen LogP contribution in [0.4, 0.5) is 0 Å². The van der Waals surface area contributed by atoms with Crippen LogP contribution in [-0.2, 0) is 9.53 Å². The van der Waals surface area contributed by atoms with Gasteiger partial charge in [0.05, 0.1) is 12.1 Å². The predicted octanol–water partition coefficient (Wildman–Crippen LogP) is -0.426. The molecule has 0 aromatic heterocycles. The highest BCUT2D eigenvalue weighted by atomic mass is 16.5. The third-order valence-electron chi connectivity index (χ3n) is 3.73. The largest absolute Gasteiger partial charge is 0.381 e. The molecule has 2 aliphatic heterocycles. The van der Waals surface area contributed by atoms with Crippen molar-refractivity contribution in [2.45, 2.75) is 38.0 Å². The van der Waals surface area contributed by atoms with Gasteiger partial charge in [0, 0.05) is 39.3 Å². The fourth-order valence-electron chi connectivity index (χ4n) is 2.49. The van der Waals surface area contributed by atoms with Crippen LogP contribution in [-0.4, -0.2) is 62.3 Å². The summed E-state index contributed by atoms with van der Waals surface area (Å²) < 4.78 is 5.31. The Kier molecular flexibility index (Phi) is 4.36. The Balaban J connectivity index is 1.80. The molecule has 2 fully saturated rings. The van der Waals surface area contributed by atoms with E-state index in [1.807, 2.05) is 4.90 Å². The van der Waals surface area contributed by atoms with Crippen molar-refractivity contribution in [3.8, 4) is 0 Å². The van der Waals surface area contributed by atoms with Gasteiger partial charge in [-0.2, -0.15) is 0 Å². The first-order chi connectivity index (χ1) is 8.20. The molecule has 2 aliphatic rings. The van der Waals surface area contributed by atoms with Gasteiger partial charge in [0.25, 0.3) is 0 Å². The van der Waals surface area contributed by atoms with Gasteiger partial charge in [-0.25, -0.2) is 0 Å². The van der Waals surface area contributed by atoms with Crippen molar-refractivity contribution in [1.82, 2.24) is 15.5 Å². The minimum Gasteiger partial charge on any atom is -0.381 e. The lowest BCUT2D eigenvalue weighted by Crippen LogP contribution is -2.60. The molecule has 0 spiro atoms. The molecule has 0 aromatic carbocycles. The zero-order chi connectivity index (χ0) is 12.3. The lowest BCUT2D eigenvalue weighted by atomic mass is 10.1. The second-order valence-electron chi connectivity index (χ2n) is 5.03. The van der Waals surface area contributed by atoms with Crippen LogP contribution in [0.2, 0.25) is 0 Å². The summed E-state index contributed by atoms with van der Waals surface area (Å²) in [5.41, 5.74) is 0. The molecule has 5 nitrogen and oxygen atoms in total. The van der Waals surface area contributed by atoms with Crippen LogP contribution in [0.5, 0.6) is 0 Å². The number of piperazine rings is 1. The lowest BCUT2D eigenvalue weighted by molar-refractivity contribution is -0.136. The molecule has 2 atom stereocenters. The van der Waals surface area contributed by atoms with Crippen LogP contribution in [0.3, 0.4) is 0 Å². The summed E-state index contributed by atoms with van der Waals surface area (Å²) in [6.07, 6.45) is 2.24. The Labute approximate surface area is 103 Å². The molecule has 0 radical (unpaired) electrons. The second kappa shape index (κ2) is 5.80. The number of likely N-dealkylation sites (tertiary alicyclic amines) is 1. The first kappa shape index (κ1) is 12.8. The molecule has 2 rings (SSSR count). The average molecular weight is 241 g/mol. The highest BCUT2D eigenvalue weighted by molar-refractivity contribution is 5.82. The van der Waals surface area contributed by atoms with Gasteiger partial charge < -0.3 is 20.3 Å². The number of amides is 1. The van der Waals surface area contributed by atoms with E-state index in [2.05, 4.69) is 17.6 Å². The fourth-order valence-corrected chi connectivity index (χ4v) is 2.49. The van der Waals surface area contributed by atoms with Crippen molar-refractivity contribution in [2.24, 2.45) is 0 Å². The topological polar surface area (TPSA) is 53.6 Å². The molecular weight excluding hydrogens is 218 g/mol. The first-order valence-electron chi connectivity index (χ1n) is 6.49. The van der Waals surface area contributed by atoms with E-state index in [0.717, 1.165) is 39.0 Å². The van der Waals surface area contributed by atoms with Crippen molar-refractivity contribution in [3.05, 3.63) is 0 Å². The van der Waals surface area contributed by atoms with Crippen molar-refractivity contribution in [1.29, 1.82) is 0 Å². The number of hydrogen-bond donors (Lipinski definition) is 2. The van der Waals surface area contributed by atoms with E-state index in [1.165, 1.54) is 0 Å². The van der Waals surface area contributed by atoms with Crippen LogP contribution in [0.15, 0.2) is 0 Å². The predicted molar refractivity (Wildman–Crippen MR) is 65.9 cm³/mol. The molecule has 1 amide bonds. The lowest BCUT2D eigenvalue weighted by Gasteiger charge is -2.36. The summed E-state index contributed by atoms with van der Waals surface area (Å²) >= 11 is 0. The van der Waals surface area contributed by atoms with E-state index >= 15 is 0 Å². The van der Waals surface area contributed by atoms with E-state index in [9.17, 15) is 4.79 Å². The van der Waals surface area contributed by atoms with E-state index in [4.69, 9.17) is 4.74 Å². The number of carbonyl (C=O) groups excluding carboxylic acids is 1. The summed E-state index contributed by atoms with van der Waals surface area (Å²) in [5, 5.41) is 6.64. The van der Waals surface area contributed by atoms with Crippen molar-refractivity contribution in [3.63, 3.8) is 0 Å². The molecule has 2 N–H and O–H groups in total.